The van der Waals surface area contributed by atoms with E-state index in [0.29, 0.717) is 30.2 Å². The Hall–Kier alpha value is -4.04. The number of aryl methyl sites for hydroxylation is 1. The normalized spacial score (nSPS) is 11.5. The molecule has 4 aromatic rings. The minimum Gasteiger partial charge on any atom is -0.504 e. The molecule has 0 aliphatic carbocycles. The smallest absolute Gasteiger partial charge is 0.248 e. The molecule has 3 N–H and O–H groups in total. The van der Waals surface area contributed by atoms with Crippen LogP contribution in [0.5, 0.6) is 17.2 Å². The number of rotatable bonds is 9. The van der Waals surface area contributed by atoms with Crippen LogP contribution in [0.15, 0.2) is 71.0 Å². The van der Waals surface area contributed by atoms with Gasteiger partial charge in [-0.1, -0.05) is 18.2 Å². The monoisotopic (exact) mass is 503 g/mol. The molecule has 0 spiro atoms. The molecular weight excluding hydrogens is 474 g/mol. The van der Waals surface area contributed by atoms with Crippen LogP contribution in [0.3, 0.4) is 0 Å². The molecule has 3 aromatic carbocycles. The Morgan fingerprint density at radius 2 is 1.89 bits per heavy atom. The summed E-state index contributed by atoms with van der Waals surface area (Å²) in [6, 6.07) is 18.3. The SMILES string of the molecule is COc1ccc(-c2csc(=Nc3cccc(C(N)=O)c3)n2CCCOc2cccc(C)c2C)cc1O. The predicted molar refractivity (Wildman–Crippen MR) is 142 cm³/mol. The number of benzene rings is 3. The Morgan fingerprint density at radius 1 is 1.08 bits per heavy atom. The molecule has 0 radical (unpaired) electrons. The average Bonchev–Trinajstić information content (AvgIpc) is 3.26. The van der Waals surface area contributed by atoms with Crippen LogP contribution < -0.4 is 20.0 Å². The third-order valence-electron chi connectivity index (χ3n) is 5.97. The van der Waals surface area contributed by atoms with Gasteiger partial charge in [-0.2, -0.15) is 0 Å². The number of hydrogen-bond donors (Lipinski definition) is 2. The third kappa shape index (κ3) is 5.60. The van der Waals surface area contributed by atoms with Crippen molar-refractivity contribution in [1.29, 1.82) is 0 Å². The molecule has 0 atom stereocenters. The van der Waals surface area contributed by atoms with Gasteiger partial charge >= 0.3 is 0 Å². The standard InChI is InChI=1S/C28H29N3O4S/c1-18-7-4-10-25(19(18)2)35-14-6-13-31-23(20-11-12-26(34-3)24(32)16-20)17-36-28(31)30-22-9-5-8-21(15-22)27(29)33/h4-5,7-12,15-17,32H,6,13-14H2,1-3H3,(H2,29,33). The van der Waals surface area contributed by atoms with Gasteiger partial charge in [-0.15, -0.1) is 11.3 Å². The zero-order valence-electron chi connectivity index (χ0n) is 20.5. The molecule has 0 fully saturated rings. The minimum atomic E-state index is -0.496. The van der Waals surface area contributed by atoms with Crippen molar-refractivity contribution in [3.05, 3.63) is 87.5 Å². The van der Waals surface area contributed by atoms with Gasteiger partial charge in [0.25, 0.3) is 0 Å². The van der Waals surface area contributed by atoms with Crippen LogP contribution in [0.4, 0.5) is 5.69 Å². The number of thiazole rings is 1. The number of carbonyl (C=O) groups is 1. The highest BCUT2D eigenvalue weighted by molar-refractivity contribution is 7.07. The Balaban J connectivity index is 1.65. The van der Waals surface area contributed by atoms with Crippen molar-refractivity contribution >= 4 is 22.9 Å². The fourth-order valence-electron chi connectivity index (χ4n) is 3.84. The molecule has 0 aliphatic heterocycles. The fourth-order valence-corrected chi connectivity index (χ4v) is 4.79. The molecule has 186 valence electrons. The maximum absolute atomic E-state index is 11.6. The van der Waals surface area contributed by atoms with Crippen LogP contribution in [-0.4, -0.2) is 29.3 Å². The number of carbonyl (C=O) groups excluding carboxylic acids is 1. The van der Waals surface area contributed by atoms with E-state index in [-0.39, 0.29) is 5.75 Å². The van der Waals surface area contributed by atoms with Crippen molar-refractivity contribution in [2.45, 2.75) is 26.8 Å². The topological polar surface area (TPSA) is 99.1 Å². The molecule has 1 amide bonds. The molecule has 8 heteroatoms. The number of primary amides is 1. The van der Waals surface area contributed by atoms with Gasteiger partial charge < -0.3 is 24.9 Å². The molecule has 7 nitrogen and oxygen atoms in total. The number of amides is 1. The van der Waals surface area contributed by atoms with E-state index in [0.717, 1.165) is 33.8 Å². The summed E-state index contributed by atoms with van der Waals surface area (Å²) < 4.78 is 13.3. The first-order valence-electron chi connectivity index (χ1n) is 11.6. The van der Waals surface area contributed by atoms with Crippen molar-refractivity contribution in [1.82, 2.24) is 4.57 Å². The molecule has 0 unspecified atom stereocenters. The average molecular weight is 504 g/mol. The van der Waals surface area contributed by atoms with Crippen LogP contribution in [0.2, 0.25) is 0 Å². The van der Waals surface area contributed by atoms with Crippen LogP contribution in [0.1, 0.15) is 27.9 Å². The summed E-state index contributed by atoms with van der Waals surface area (Å²) in [5.41, 5.74) is 10.6. The second kappa shape index (κ2) is 11.1. The number of methoxy groups -OCH3 is 1. The summed E-state index contributed by atoms with van der Waals surface area (Å²) >= 11 is 1.48. The lowest BCUT2D eigenvalue weighted by Gasteiger charge is -2.13. The molecule has 1 aromatic heterocycles. The number of aromatic nitrogens is 1. The van der Waals surface area contributed by atoms with E-state index < -0.39 is 5.91 Å². The van der Waals surface area contributed by atoms with Gasteiger partial charge in [0.1, 0.15) is 5.75 Å². The van der Waals surface area contributed by atoms with Gasteiger partial charge in [0.15, 0.2) is 16.3 Å². The number of ether oxygens (including phenoxy) is 2. The van der Waals surface area contributed by atoms with Gasteiger partial charge in [-0.25, -0.2) is 4.99 Å². The maximum atomic E-state index is 11.6. The Labute approximate surface area is 214 Å². The largest absolute Gasteiger partial charge is 0.504 e. The van der Waals surface area contributed by atoms with Crippen LogP contribution in [-0.2, 0) is 6.54 Å². The van der Waals surface area contributed by atoms with E-state index in [9.17, 15) is 9.90 Å². The molecule has 4 rings (SSSR count). The highest BCUT2D eigenvalue weighted by Crippen LogP contribution is 2.32. The molecular formula is C28H29N3O4S. The van der Waals surface area contributed by atoms with Crippen LogP contribution >= 0.6 is 11.3 Å². The van der Waals surface area contributed by atoms with Gasteiger partial charge in [0.2, 0.25) is 5.91 Å². The molecule has 0 bridgehead atoms. The highest BCUT2D eigenvalue weighted by Gasteiger charge is 2.12. The van der Waals surface area contributed by atoms with Crippen molar-refractivity contribution in [2.75, 3.05) is 13.7 Å². The zero-order chi connectivity index (χ0) is 25.7. The van der Waals surface area contributed by atoms with Gasteiger partial charge in [-0.05, 0) is 73.9 Å². The quantitative estimate of drug-likeness (QED) is 0.301. The summed E-state index contributed by atoms with van der Waals surface area (Å²) in [4.78, 5) is 17.2. The Morgan fingerprint density at radius 3 is 2.64 bits per heavy atom. The van der Waals surface area contributed by atoms with Crippen molar-refractivity contribution < 1.29 is 19.4 Å². The van der Waals surface area contributed by atoms with E-state index >= 15 is 0 Å². The lowest BCUT2D eigenvalue weighted by molar-refractivity contribution is 0.100. The first kappa shape index (κ1) is 25.1. The van der Waals surface area contributed by atoms with Crippen molar-refractivity contribution in [2.24, 2.45) is 10.7 Å². The molecule has 36 heavy (non-hydrogen) atoms. The second-order valence-electron chi connectivity index (χ2n) is 8.37. The van der Waals surface area contributed by atoms with E-state index in [2.05, 4.69) is 24.5 Å². The first-order valence-corrected chi connectivity index (χ1v) is 12.4. The molecule has 0 saturated heterocycles. The summed E-state index contributed by atoms with van der Waals surface area (Å²) in [7, 11) is 1.52. The maximum Gasteiger partial charge on any atom is 0.248 e. The van der Waals surface area contributed by atoms with E-state index in [4.69, 9.17) is 20.2 Å². The zero-order valence-corrected chi connectivity index (χ0v) is 21.3. The summed E-state index contributed by atoms with van der Waals surface area (Å²) in [6.45, 7) is 5.31. The number of nitrogens with zero attached hydrogens (tertiary/aromatic N) is 2. The summed E-state index contributed by atoms with van der Waals surface area (Å²) in [6.07, 6.45) is 0.744. The van der Waals surface area contributed by atoms with Gasteiger partial charge in [-0.3, -0.25) is 4.79 Å². The number of phenolic OH excluding ortho intramolecular Hbond substituents is 1. The van der Waals surface area contributed by atoms with Crippen LogP contribution in [0.25, 0.3) is 11.3 Å². The van der Waals surface area contributed by atoms with Crippen molar-refractivity contribution in [3.8, 4) is 28.5 Å². The summed E-state index contributed by atoms with van der Waals surface area (Å²) in [5, 5.41) is 12.3. The lowest BCUT2D eigenvalue weighted by Crippen LogP contribution is -2.17. The molecule has 1 heterocycles. The van der Waals surface area contributed by atoms with E-state index in [1.54, 1.807) is 30.3 Å². The van der Waals surface area contributed by atoms with Gasteiger partial charge in [0.05, 0.1) is 25.1 Å². The number of hydrogen-bond acceptors (Lipinski definition) is 6. The van der Waals surface area contributed by atoms with Gasteiger partial charge in [0, 0.05) is 23.1 Å². The number of nitrogens with two attached hydrogens (primary N) is 1. The lowest BCUT2D eigenvalue weighted by atomic mass is 10.1. The number of phenols is 1. The number of aromatic hydroxyl groups is 1. The van der Waals surface area contributed by atoms with E-state index in [1.807, 2.05) is 29.6 Å². The minimum absolute atomic E-state index is 0.0682. The summed E-state index contributed by atoms with van der Waals surface area (Å²) in [5.74, 6) is 0.872. The van der Waals surface area contributed by atoms with Crippen molar-refractivity contribution in [3.63, 3.8) is 0 Å². The molecule has 0 aliphatic rings. The Bertz CT molecular complexity index is 1460. The molecule has 0 saturated carbocycles. The van der Waals surface area contributed by atoms with Crippen LogP contribution in [0, 0.1) is 13.8 Å². The predicted octanol–water partition coefficient (Wildman–Crippen LogP) is 5.35. The fraction of sp³-hybridized carbons (Fsp3) is 0.214. The Kier molecular flexibility index (Phi) is 7.75. The van der Waals surface area contributed by atoms with E-state index in [1.165, 1.54) is 24.0 Å². The highest BCUT2D eigenvalue weighted by atomic mass is 32.1. The third-order valence-corrected chi connectivity index (χ3v) is 6.83. The first-order chi connectivity index (χ1) is 17.4. The second-order valence-corrected chi connectivity index (χ2v) is 9.20.